The Balaban J connectivity index is 0.000000337. The van der Waals surface area contributed by atoms with E-state index in [2.05, 4.69) is 4.98 Å². The highest BCUT2D eigenvalue weighted by atomic mass is 16.4. The lowest BCUT2D eigenvalue weighted by Crippen LogP contribution is -2.29. The lowest BCUT2D eigenvalue weighted by atomic mass is 9.80. The largest absolute Gasteiger partial charge is 0.488 e. The number of aromatic nitrogens is 1. The van der Waals surface area contributed by atoms with Crippen LogP contribution in [0.25, 0.3) is 10.9 Å². The third-order valence-electron chi connectivity index (χ3n) is 1.88. The van der Waals surface area contributed by atoms with Gasteiger partial charge in [-0.2, -0.15) is 0 Å². The standard InChI is InChI=1S/C8H8BNO2.CH2O2/c11-9(12)7-1-2-8-6(5-7)3-4-10-8;2-1-3/h1-5,10-12H;1H,(H,2,3). The summed E-state index contributed by atoms with van der Waals surface area (Å²) in [5.41, 5.74) is 1.52. The molecule has 0 saturated heterocycles. The van der Waals surface area contributed by atoms with Gasteiger partial charge in [-0.1, -0.05) is 12.1 Å². The van der Waals surface area contributed by atoms with Crippen molar-refractivity contribution in [2.45, 2.75) is 0 Å². The Hall–Kier alpha value is -1.79. The molecule has 1 heterocycles. The average molecular weight is 207 g/mol. The Morgan fingerprint density at radius 1 is 1.27 bits per heavy atom. The topological polar surface area (TPSA) is 93.6 Å². The van der Waals surface area contributed by atoms with Gasteiger partial charge in [-0.25, -0.2) is 0 Å². The van der Waals surface area contributed by atoms with E-state index in [4.69, 9.17) is 19.9 Å². The molecule has 1 aromatic heterocycles. The van der Waals surface area contributed by atoms with Crippen LogP contribution in [0, 0.1) is 0 Å². The summed E-state index contributed by atoms with van der Waals surface area (Å²) in [5.74, 6) is 0. The van der Waals surface area contributed by atoms with Gasteiger partial charge < -0.3 is 20.1 Å². The Morgan fingerprint density at radius 2 is 1.93 bits per heavy atom. The molecule has 1 aromatic carbocycles. The van der Waals surface area contributed by atoms with Gasteiger partial charge in [0.2, 0.25) is 0 Å². The molecule has 6 heteroatoms. The molecule has 0 aliphatic carbocycles. The molecule has 0 spiro atoms. The first-order valence-electron chi connectivity index (χ1n) is 4.20. The minimum Gasteiger partial charge on any atom is -0.483 e. The summed E-state index contributed by atoms with van der Waals surface area (Å²) >= 11 is 0. The second-order valence-electron chi connectivity index (χ2n) is 2.80. The molecule has 15 heavy (non-hydrogen) atoms. The molecule has 0 unspecified atom stereocenters. The molecular formula is C9H10BNO4. The van der Waals surface area contributed by atoms with Gasteiger partial charge in [-0.05, 0) is 23.0 Å². The van der Waals surface area contributed by atoms with E-state index in [1.165, 1.54) is 0 Å². The van der Waals surface area contributed by atoms with Crippen LogP contribution >= 0.6 is 0 Å². The number of benzene rings is 1. The van der Waals surface area contributed by atoms with Crippen LogP contribution in [0.15, 0.2) is 30.5 Å². The van der Waals surface area contributed by atoms with Crippen LogP contribution in [-0.4, -0.2) is 33.7 Å². The summed E-state index contributed by atoms with van der Waals surface area (Å²) in [6.45, 7) is -0.250. The zero-order valence-electron chi connectivity index (χ0n) is 7.79. The Labute approximate surface area is 86.1 Å². The molecule has 0 amide bonds. The molecule has 0 atom stereocenters. The van der Waals surface area contributed by atoms with Crippen molar-refractivity contribution in [1.82, 2.24) is 4.98 Å². The molecular weight excluding hydrogens is 197 g/mol. The van der Waals surface area contributed by atoms with Crippen molar-refractivity contribution < 1.29 is 19.9 Å². The van der Waals surface area contributed by atoms with Crippen LogP contribution < -0.4 is 5.46 Å². The van der Waals surface area contributed by atoms with Crippen molar-refractivity contribution in [3.8, 4) is 0 Å². The van der Waals surface area contributed by atoms with Crippen molar-refractivity contribution in [2.75, 3.05) is 0 Å². The first-order valence-corrected chi connectivity index (χ1v) is 4.20. The lowest BCUT2D eigenvalue weighted by Gasteiger charge is -1.97. The van der Waals surface area contributed by atoms with Crippen LogP contribution in [0.1, 0.15) is 0 Å². The van der Waals surface area contributed by atoms with Gasteiger partial charge in [0.05, 0.1) is 0 Å². The van der Waals surface area contributed by atoms with Crippen LogP contribution in [0.4, 0.5) is 0 Å². The maximum atomic E-state index is 8.87. The molecule has 0 aliphatic heterocycles. The van der Waals surface area contributed by atoms with E-state index in [1.54, 1.807) is 12.1 Å². The maximum Gasteiger partial charge on any atom is 0.488 e. The minimum atomic E-state index is -1.38. The summed E-state index contributed by atoms with van der Waals surface area (Å²) < 4.78 is 0. The van der Waals surface area contributed by atoms with Gasteiger partial charge in [-0.15, -0.1) is 0 Å². The van der Waals surface area contributed by atoms with Crippen molar-refractivity contribution in [3.63, 3.8) is 0 Å². The smallest absolute Gasteiger partial charge is 0.483 e. The second-order valence-corrected chi connectivity index (χ2v) is 2.80. The quantitative estimate of drug-likeness (QED) is 0.376. The van der Waals surface area contributed by atoms with Crippen LogP contribution in [-0.2, 0) is 4.79 Å². The first-order chi connectivity index (χ1) is 7.19. The van der Waals surface area contributed by atoms with Gasteiger partial charge in [0.15, 0.2) is 0 Å². The third kappa shape index (κ3) is 2.83. The number of fused-ring (bicyclic) bond motifs is 1. The zero-order chi connectivity index (χ0) is 11.3. The summed E-state index contributed by atoms with van der Waals surface area (Å²) in [6.07, 6.45) is 1.82. The van der Waals surface area contributed by atoms with Crippen LogP contribution in [0.5, 0.6) is 0 Å². The van der Waals surface area contributed by atoms with E-state index in [0.717, 1.165) is 10.9 Å². The molecule has 0 aliphatic rings. The van der Waals surface area contributed by atoms with E-state index in [0.29, 0.717) is 5.46 Å². The maximum absolute atomic E-state index is 8.87. The SMILES string of the molecule is O=CO.OB(O)c1ccc2[nH]ccc2c1. The van der Waals surface area contributed by atoms with Crippen molar-refractivity contribution in [2.24, 2.45) is 0 Å². The molecule has 2 aromatic rings. The number of rotatable bonds is 1. The highest BCUT2D eigenvalue weighted by Gasteiger charge is 2.10. The van der Waals surface area contributed by atoms with E-state index in [-0.39, 0.29) is 6.47 Å². The number of nitrogens with one attached hydrogen (secondary N) is 1. The number of carboxylic acid groups (broad SMARTS) is 1. The van der Waals surface area contributed by atoms with Gasteiger partial charge in [-0.3, -0.25) is 4.79 Å². The lowest BCUT2D eigenvalue weighted by molar-refractivity contribution is -0.122. The Bertz CT molecular complexity index is 440. The highest BCUT2D eigenvalue weighted by Crippen LogP contribution is 2.08. The highest BCUT2D eigenvalue weighted by molar-refractivity contribution is 6.58. The van der Waals surface area contributed by atoms with Crippen LogP contribution in [0.2, 0.25) is 0 Å². The molecule has 5 nitrogen and oxygen atoms in total. The minimum absolute atomic E-state index is 0.250. The predicted molar refractivity (Wildman–Crippen MR) is 56.8 cm³/mol. The fourth-order valence-corrected chi connectivity index (χ4v) is 1.23. The normalized spacial score (nSPS) is 9.20. The van der Waals surface area contributed by atoms with Crippen molar-refractivity contribution in [3.05, 3.63) is 30.5 Å². The number of aromatic amines is 1. The van der Waals surface area contributed by atoms with Gasteiger partial charge in [0.1, 0.15) is 0 Å². The molecule has 4 N–H and O–H groups in total. The fraction of sp³-hybridized carbons (Fsp3) is 0. The third-order valence-corrected chi connectivity index (χ3v) is 1.88. The number of H-pyrrole nitrogens is 1. The fourth-order valence-electron chi connectivity index (χ4n) is 1.23. The van der Waals surface area contributed by atoms with Crippen LogP contribution in [0.3, 0.4) is 0 Å². The summed E-state index contributed by atoms with van der Waals surface area (Å²) in [4.78, 5) is 11.4. The number of carbonyl (C=O) groups is 1. The molecule has 2 rings (SSSR count). The van der Waals surface area contributed by atoms with E-state index in [9.17, 15) is 0 Å². The monoisotopic (exact) mass is 207 g/mol. The van der Waals surface area contributed by atoms with E-state index in [1.807, 2.05) is 18.3 Å². The molecule has 0 saturated carbocycles. The number of hydrogen-bond acceptors (Lipinski definition) is 3. The van der Waals surface area contributed by atoms with Gasteiger partial charge in [0.25, 0.3) is 6.47 Å². The van der Waals surface area contributed by atoms with E-state index >= 15 is 0 Å². The van der Waals surface area contributed by atoms with Crippen molar-refractivity contribution >= 4 is 30.0 Å². The molecule has 78 valence electrons. The zero-order valence-corrected chi connectivity index (χ0v) is 7.79. The Morgan fingerprint density at radius 3 is 2.53 bits per heavy atom. The predicted octanol–water partition coefficient (Wildman–Crippen LogP) is -0.452. The molecule has 0 radical (unpaired) electrons. The van der Waals surface area contributed by atoms with E-state index < -0.39 is 7.12 Å². The Kier molecular flexibility index (Phi) is 3.90. The van der Waals surface area contributed by atoms with Gasteiger partial charge in [0, 0.05) is 11.7 Å². The second kappa shape index (κ2) is 5.18. The molecule has 0 fully saturated rings. The summed E-state index contributed by atoms with van der Waals surface area (Å²) in [7, 11) is -1.38. The summed E-state index contributed by atoms with van der Waals surface area (Å²) in [6, 6.07) is 7.14. The number of hydrogen-bond donors (Lipinski definition) is 4. The molecule has 0 bridgehead atoms. The average Bonchev–Trinajstić information content (AvgIpc) is 2.65. The first kappa shape index (κ1) is 11.3. The van der Waals surface area contributed by atoms with Gasteiger partial charge >= 0.3 is 7.12 Å². The van der Waals surface area contributed by atoms with Crippen molar-refractivity contribution in [1.29, 1.82) is 0 Å². The summed E-state index contributed by atoms with van der Waals surface area (Å²) in [5, 5.41) is 25.6.